The average molecular weight is 472 g/mol. The van der Waals surface area contributed by atoms with Gasteiger partial charge in [-0.2, -0.15) is 5.26 Å². The molecule has 5 aromatic rings. The highest BCUT2D eigenvalue weighted by Gasteiger charge is 2.21. The van der Waals surface area contributed by atoms with Crippen molar-refractivity contribution in [2.75, 3.05) is 24.7 Å². The van der Waals surface area contributed by atoms with Crippen molar-refractivity contribution in [2.45, 2.75) is 6.92 Å². The van der Waals surface area contributed by atoms with Gasteiger partial charge in [-0.15, -0.1) is 0 Å². The van der Waals surface area contributed by atoms with Gasteiger partial charge in [0.25, 0.3) is 0 Å². The highest BCUT2D eigenvalue weighted by Crippen LogP contribution is 2.35. The topological polar surface area (TPSA) is 87.4 Å². The number of nitriles is 1. The van der Waals surface area contributed by atoms with Crippen molar-refractivity contribution >= 4 is 22.8 Å². The number of aryl methyl sites for hydroxylation is 1. The number of carbonyl (C=O) groups excluding carboxylic acids is 1. The molecule has 0 fully saturated rings. The van der Waals surface area contributed by atoms with Crippen molar-refractivity contribution in [1.29, 1.82) is 5.26 Å². The van der Waals surface area contributed by atoms with Crippen LogP contribution in [0.1, 0.15) is 27.2 Å². The first-order chi connectivity index (χ1) is 17.4. The Morgan fingerprint density at radius 3 is 2.36 bits per heavy atom. The van der Waals surface area contributed by atoms with Crippen LogP contribution >= 0.6 is 0 Å². The Labute approximate surface area is 209 Å². The number of hydrogen-bond acceptors (Lipinski definition) is 5. The van der Waals surface area contributed by atoms with Gasteiger partial charge in [0.15, 0.2) is 0 Å². The number of aromatic nitrogens is 2. The summed E-state index contributed by atoms with van der Waals surface area (Å²) in [6.07, 6.45) is 1.90. The minimum absolute atomic E-state index is 0.0817. The third kappa shape index (κ3) is 3.97. The Balaban J connectivity index is 1.72. The van der Waals surface area contributed by atoms with Crippen molar-refractivity contribution in [3.05, 3.63) is 107 Å². The molecule has 176 valence electrons. The maximum Gasteiger partial charge on any atom is 0.209 e. The number of ketones is 1. The molecule has 0 bridgehead atoms. The second kappa shape index (κ2) is 9.05. The van der Waals surface area contributed by atoms with Gasteiger partial charge < -0.3 is 15.0 Å². The third-order valence-corrected chi connectivity index (χ3v) is 6.33. The van der Waals surface area contributed by atoms with Gasteiger partial charge in [0, 0.05) is 42.7 Å². The molecule has 0 radical (unpaired) electrons. The largest absolute Gasteiger partial charge is 0.383 e. The lowest BCUT2D eigenvalue weighted by molar-refractivity contribution is 0.103. The summed E-state index contributed by atoms with van der Waals surface area (Å²) in [6.45, 7) is 2.01. The Hall–Kier alpha value is -4.89. The van der Waals surface area contributed by atoms with Gasteiger partial charge in [-0.1, -0.05) is 42.5 Å². The van der Waals surface area contributed by atoms with Gasteiger partial charge in [0.2, 0.25) is 5.78 Å². The minimum atomic E-state index is -0.0817. The lowest BCUT2D eigenvalue weighted by atomic mass is 9.98. The molecular formula is C30H25N5O. The van der Waals surface area contributed by atoms with Crippen molar-refractivity contribution in [3.8, 4) is 28.5 Å². The zero-order valence-electron chi connectivity index (χ0n) is 20.4. The normalized spacial score (nSPS) is 10.8. The molecule has 0 aliphatic heterocycles. The molecule has 3 heterocycles. The predicted molar refractivity (Wildman–Crippen MR) is 144 cm³/mol. The number of nitrogens with zero attached hydrogens (tertiary/aromatic N) is 4. The van der Waals surface area contributed by atoms with Crippen LogP contribution in [0.3, 0.4) is 0 Å². The Kier molecular flexibility index (Phi) is 5.75. The molecule has 0 unspecified atom stereocenters. The van der Waals surface area contributed by atoms with Crippen molar-refractivity contribution in [2.24, 2.45) is 0 Å². The molecular weight excluding hydrogens is 446 g/mol. The summed E-state index contributed by atoms with van der Waals surface area (Å²) < 4.78 is 1.89. The molecule has 2 aromatic carbocycles. The SMILES string of the molecule is Cc1ccn2c(C(=O)c3ccccc3)cc(-c3cc(-c4ccc(N(C)C)cc4)c(C#N)c(N)n3)c2c1. The second-order valence-corrected chi connectivity index (χ2v) is 8.97. The summed E-state index contributed by atoms with van der Waals surface area (Å²) in [5.41, 5.74) is 13.7. The van der Waals surface area contributed by atoms with E-state index in [0.29, 0.717) is 28.1 Å². The molecule has 5 rings (SSSR count). The van der Waals surface area contributed by atoms with Crippen LogP contribution in [-0.4, -0.2) is 29.3 Å². The zero-order chi connectivity index (χ0) is 25.4. The van der Waals surface area contributed by atoms with E-state index in [9.17, 15) is 10.1 Å². The lowest BCUT2D eigenvalue weighted by Gasteiger charge is -2.14. The van der Waals surface area contributed by atoms with E-state index >= 15 is 0 Å². The van der Waals surface area contributed by atoms with Crippen molar-refractivity contribution in [3.63, 3.8) is 0 Å². The summed E-state index contributed by atoms with van der Waals surface area (Å²) in [5.74, 6) is 0.0754. The van der Waals surface area contributed by atoms with E-state index in [1.807, 2.05) is 115 Å². The first-order valence-corrected chi connectivity index (χ1v) is 11.6. The molecule has 0 amide bonds. The average Bonchev–Trinajstić information content (AvgIpc) is 3.27. The molecule has 0 aliphatic rings. The zero-order valence-corrected chi connectivity index (χ0v) is 20.4. The smallest absolute Gasteiger partial charge is 0.209 e. The molecule has 0 atom stereocenters. The van der Waals surface area contributed by atoms with Crippen molar-refractivity contribution in [1.82, 2.24) is 9.38 Å². The number of nitrogens with two attached hydrogens (primary N) is 1. The third-order valence-electron chi connectivity index (χ3n) is 6.33. The quantitative estimate of drug-likeness (QED) is 0.331. The standard InChI is InChI=1S/C30H25N5O/c1-19-13-14-35-27(15-19)24(17-28(35)29(36)21-7-5-4-6-8-21)26-16-23(25(18-31)30(32)33-26)20-9-11-22(12-10-20)34(2)3/h4-17H,1-3H3,(H2,32,33). The maximum atomic E-state index is 13.4. The molecule has 0 saturated carbocycles. The van der Waals surface area contributed by atoms with E-state index in [0.717, 1.165) is 27.9 Å². The molecule has 6 nitrogen and oxygen atoms in total. The number of anilines is 2. The monoisotopic (exact) mass is 471 g/mol. The van der Waals surface area contributed by atoms with E-state index < -0.39 is 0 Å². The van der Waals surface area contributed by atoms with Gasteiger partial charge in [0.1, 0.15) is 17.5 Å². The van der Waals surface area contributed by atoms with E-state index in [2.05, 4.69) is 11.1 Å². The van der Waals surface area contributed by atoms with Crippen LogP contribution < -0.4 is 10.6 Å². The van der Waals surface area contributed by atoms with Crippen LogP contribution in [0.25, 0.3) is 27.9 Å². The first-order valence-electron chi connectivity index (χ1n) is 11.6. The molecule has 0 aliphatic carbocycles. The summed E-state index contributed by atoms with van der Waals surface area (Å²) in [4.78, 5) is 20.0. The molecule has 0 spiro atoms. The number of fused-ring (bicyclic) bond motifs is 1. The number of hydrogen-bond donors (Lipinski definition) is 1. The van der Waals surface area contributed by atoms with Crippen molar-refractivity contribution < 1.29 is 4.79 Å². The first kappa shape index (κ1) is 22.9. The lowest BCUT2D eigenvalue weighted by Crippen LogP contribution is -2.08. The number of rotatable bonds is 5. The van der Waals surface area contributed by atoms with Crippen LogP contribution in [0.2, 0.25) is 0 Å². The van der Waals surface area contributed by atoms with Crippen LogP contribution in [0.15, 0.2) is 85.1 Å². The fourth-order valence-electron chi connectivity index (χ4n) is 4.41. The van der Waals surface area contributed by atoms with E-state index in [4.69, 9.17) is 5.73 Å². The van der Waals surface area contributed by atoms with Crippen LogP contribution in [-0.2, 0) is 0 Å². The number of benzene rings is 2. The van der Waals surface area contributed by atoms with Gasteiger partial charge >= 0.3 is 0 Å². The summed E-state index contributed by atoms with van der Waals surface area (Å²) in [7, 11) is 3.96. The number of carbonyl (C=O) groups is 1. The van der Waals surface area contributed by atoms with Gasteiger partial charge in [-0.25, -0.2) is 4.98 Å². The van der Waals surface area contributed by atoms with Crippen LogP contribution in [0, 0.1) is 18.3 Å². The van der Waals surface area contributed by atoms with E-state index in [1.165, 1.54) is 0 Å². The van der Waals surface area contributed by atoms with Crippen LogP contribution in [0.4, 0.5) is 11.5 Å². The highest BCUT2D eigenvalue weighted by molar-refractivity contribution is 6.10. The summed E-state index contributed by atoms with van der Waals surface area (Å²) in [6, 6.07) is 27.1. The minimum Gasteiger partial charge on any atom is -0.383 e. The Bertz CT molecular complexity index is 1640. The van der Waals surface area contributed by atoms with E-state index in [1.54, 1.807) is 0 Å². The molecule has 36 heavy (non-hydrogen) atoms. The summed E-state index contributed by atoms with van der Waals surface area (Å²) >= 11 is 0. The molecule has 0 saturated heterocycles. The maximum absolute atomic E-state index is 13.4. The van der Waals surface area contributed by atoms with Gasteiger partial charge in [0.05, 0.1) is 16.9 Å². The van der Waals surface area contributed by atoms with Gasteiger partial charge in [-0.05, 0) is 54.4 Å². The molecule has 3 aromatic heterocycles. The Morgan fingerprint density at radius 1 is 0.972 bits per heavy atom. The second-order valence-electron chi connectivity index (χ2n) is 8.97. The molecule has 2 N–H and O–H groups in total. The fourth-order valence-corrected chi connectivity index (χ4v) is 4.41. The Morgan fingerprint density at radius 2 is 1.69 bits per heavy atom. The highest BCUT2D eigenvalue weighted by atomic mass is 16.1. The predicted octanol–water partition coefficient (Wildman–Crippen LogP) is 5.73. The fraction of sp³-hybridized carbons (Fsp3) is 0.100. The van der Waals surface area contributed by atoms with Gasteiger partial charge in [-0.3, -0.25) is 4.79 Å². The van der Waals surface area contributed by atoms with E-state index in [-0.39, 0.29) is 11.6 Å². The molecule has 6 heteroatoms. The number of pyridine rings is 2. The summed E-state index contributed by atoms with van der Waals surface area (Å²) in [5, 5.41) is 9.85. The number of nitrogen functional groups attached to an aromatic ring is 1. The van der Waals surface area contributed by atoms with Crippen LogP contribution in [0.5, 0.6) is 0 Å².